The van der Waals surface area contributed by atoms with Crippen LogP contribution in [0.15, 0.2) is 53.4 Å². The fourth-order valence-electron chi connectivity index (χ4n) is 1.71. The Kier molecular flexibility index (Phi) is 5.00. The van der Waals surface area contributed by atoms with E-state index in [0.717, 1.165) is 28.2 Å². The van der Waals surface area contributed by atoms with Crippen LogP contribution in [0.5, 0.6) is 0 Å². The highest BCUT2D eigenvalue weighted by molar-refractivity contribution is 7.98. The number of rotatable bonds is 4. The molecule has 0 aliphatic heterocycles. The van der Waals surface area contributed by atoms with Gasteiger partial charge in [0.2, 0.25) is 0 Å². The van der Waals surface area contributed by atoms with Gasteiger partial charge in [-0.05, 0) is 29.3 Å². The molecule has 0 nitrogen and oxygen atoms in total. The normalized spacial score (nSPS) is 11.6. The number of thioether (sulfide) groups is 1. The lowest BCUT2D eigenvalue weighted by Gasteiger charge is -2.09. The van der Waals surface area contributed by atoms with E-state index >= 15 is 0 Å². The van der Waals surface area contributed by atoms with E-state index in [0.29, 0.717) is 11.6 Å². The summed E-state index contributed by atoms with van der Waals surface area (Å²) in [5, 5.41) is 0. The number of benzene rings is 2. The van der Waals surface area contributed by atoms with E-state index in [9.17, 15) is 13.2 Å². The molecule has 20 heavy (non-hydrogen) atoms. The Bertz CT molecular complexity index is 564. The average Bonchev–Trinajstić information content (AvgIpc) is 2.45. The third-order valence-electron chi connectivity index (χ3n) is 2.79. The largest absolute Gasteiger partial charge is 0.416 e. The fourth-order valence-corrected chi connectivity index (χ4v) is 3.03. The van der Waals surface area contributed by atoms with Crippen LogP contribution in [0.1, 0.15) is 16.7 Å². The Morgan fingerprint density at radius 2 is 1.60 bits per heavy atom. The molecule has 0 aromatic heterocycles. The standard InChI is InChI=1S/C15H12ClF3S/c16-9-12-3-1-2-4-14(12)20-10-11-5-7-13(8-6-11)15(17,18)19/h1-8H,9-10H2. The molecule has 0 saturated heterocycles. The molecule has 0 saturated carbocycles. The lowest BCUT2D eigenvalue weighted by atomic mass is 10.1. The van der Waals surface area contributed by atoms with Crippen LogP contribution in [-0.2, 0) is 17.8 Å². The summed E-state index contributed by atoms with van der Waals surface area (Å²) in [4.78, 5) is 1.06. The highest BCUT2D eigenvalue weighted by Gasteiger charge is 2.29. The second-order valence-corrected chi connectivity index (χ2v) is 5.51. The first-order valence-electron chi connectivity index (χ1n) is 5.93. The smallest absolute Gasteiger partial charge is 0.166 e. The van der Waals surface area contributed by atoms with Crippen molar-refractivity contribution in [1.29, 1.82) is 0 Å². The summed E-state index contributed by atoms with van der Waals surface area (Å²) in [5.41, 5.74) is 1.27. The first kappa shape index (κ1) is 15.3. The molecule has 0 radical (unpaired) electrons. The third kappa shape index (κ3) is 3.93. The summed E-state index contributed by atoms with van der Waals surface area (Å²) in [6, 6.07) is 13.0. The average molecular weight is 317 g/mol. The lowest BCUT2D eigenvalue weighted by Crippen LogP contribution is -2.04. The minimum atomic E-state index is -4.28. The summed E-state index contributed by atoms with van der Waals surface area (Å²) >= 11 is 7.42. The van der Waals surface area contributed by atoms with Crippen LogP contribution < -0.4 is 0 Å². The molecule has 0 N–H and O–H groups in total. The quantitative estimate of drug-likeness (QED) is 0.512. The van der Waals surface area contributed by atoms with Gasteiger partial charge >= 0.3 is 6.18 Å². The van der Waals surface area contributed by atoms with E-state index in [-0.39, 0.29) is 0 Å². The van der Waals surface area contributed by atoms with Gasteiger partial charge in [0.25, 0.3) is 0 Å². The monoisotopic (exact) mass is 316 g/mol. The van der Waals surface area contributed by atoms with Gasteiger partial charge < -0.3 is 0 Å². The van der Waals surface area contributed by atoms with Crippen molar-refractivity contribution in [3.8, 4) is 0 Å². The maximum Gasteiger partial charge on any atom is 0.416 e. The fraction of sp³-hybridized carbons (Fsp3) is 0.200. The van der Waals surface area contributed by atoms with Gasteiger partial charge in [0.05, 0.1) is 5.56 Å². The zero-order valence-corrected chi connectivity index (χ0v) is 12.0. The van der Waals surface area contributed by atoms with Gasteiger partial charge in [-0.15, -0.1) is 23.4 Å². The van der Waals surface area contributed by atoms with Crippen LogP contribution in [0.4, 0.5) is 13.2 Å². The van der Waals surface area contributed by atoms with Crippen molar-refractivity contribution >= 4 is 23.4 Å². The van der Waals surface area contributed by atoms with Crippen LogP contribution in [0.25, 0.3) is 0 Å². The zero-order chi connectivity index (χ0) is 14.6. The van der Waals surface area contributed by atoms with Gasteiger partial charge in [-0.3, -0.25) is 0 Å². The van der Waals surface area contributed by atoms with E-state index in [2.05, 4.69) is 0 Å². The summed E-state index contributed by atoms with van der Waals surface area (Å²) in [5.74, 6) is 1.04. The number of hydrogen-bond acceptors (Lipinski definition) is 1. The molecule has 0 bridgehead atoms. The Morgan fingerprint density at radius 1 is 0.950 bits per heavy atom. The second-order valence-electron chi connectivity index (χ2n) is 4.22. The molecule has 106 valence electrons. The maximum atomic E-state index is 12.4. The van der Waals surface area contributed by atoms with Gasteiger partial charge in [-0.25, -0.2) is 0 Å². The van der Waals surface area contributed by atoms with Crippen LogP contribution in [-0.4, -0.2) is 0 Å². The molecular formula is C15H12ClF3S. The topological polar surface area (TPSA) is 0 Å². The first-order chi connectivity index (χ1) is 9.50. The van der Waals surface area contributed by atoms with Crippen LogP contribution in [0, 0.1) is 0 Å². The van der Waals surface area contributed by atoms with Crippen molar-refractivity contribution < 1.29 is 13.2 Å². The molecule has 0 atom stereocenters. The number of alkyl halides is 4. The van der Waals surface area contributed by atoms with Crippen molar-refractivity contribution in [1.82, 2.24) is 0 Å². The molecule has 0 fully saturated rings. The van der Waals surface area contributed by atoms with Gasteiger partial charge in [0.15, 0.2) is 0 Å². The van der Waals surface area contributed by atoms with Crippen molar-refractivity contribution in [2.45, 2.75) is 22.7 Å². The van der Waals surface area contributed by atoms with Crippen molar-refractivity contribution in [3.05, 3.63) is 65.2 Å². The minimum Gasteiger partial charge on any atom is -0.166 e. The summed E-state index contributed by atoms with van der Waals surface area (Å²) < 4.78 is 37.3. The summed E-state index contributed by atoms with van der Waals surface area (Å²) in [6.45, 7) is 0. The van der Waals surface area contributed by atoms with Crippen molar-refractivity contribution in [2.24, 2.45) is 0 Å². The van der Waals surface area contributed by atoms with E-state index in [1.54, 1.807) is 11.8 Å². The maximum absolute atomic E-state index is 12.4. The molecule has 0 heterocycles. The molecule has 5 heteroatoms. The van der Waals surface area contributed by atoms with Crippen LogP contribution >= 0.6 is 23.4 Å². The Labute approximate surface area is 125 Å². The molecule has 0 amide bonds. The lowest BCUT2D eigenvalue weighted by molar-refractivity contribution is -0.137. The second kappa shape index (κ2) is 6.55. The highest BCUT2D eigenvalue weighted by atomic mass is 35.5. The summed E-state index contributed by atoms with van der Waals surface area (Å²) in [7, 11) is 0. The first-order valence-corrected chi connectivity index (χ1v) is 7.45. The van der Waals surface area contributed by atoms with Crippen LogP contribution in [0.2, 0.25) is 0 Å². The Morgan fingerprint density at radius 3 is 2.20 bits per heavy atom. The molecule has 0 spiro atoms. The van der Waals surface area contributed by atoms with Crippen molar-refractivity contribution in [3.63, 3.8) is 0 Å². The van der Waals surface area contributed by atoms with Gasteiger partial charge in [-0.1, -0.05) is 30.3 Å². The molecule has 2 rings (SSSR count). The van der Waals surface area contributed by atoms with E-state index < -0.39 is 11.7 Å². The molecular weight excluding hydrogens is 305 g/mol. The van der Waals surface area contributed by atoms with E-state index in [1.165, 1.54) is 12.1 Å². The minimum absolute atomic E-state index is 0.427. The Hall–Kier alpha value is -1.13. The molecule has 2 aromatic carbocycles. The van der Waals surface area contributed by atoms with Gasteiger partial charge in [0, 0.05) is 16.5 Å². The Balaban J connectivity index is 2.04. The number of halogens is 4. The zero-order valence-electron chi connectivity index (χ0n) is 10.5. The van der Waals surface area contributed by atoms with Crippen molar-refractivity contribution in [2.75, 3.05) is 0 Å². The summed E-state index contributed by atoms with van der Waals surface area (Å²) in [6.07, 6.45) is -4.28. The van der Waals surface area contributed by atoms with E-state index in [4.69, 9.17) is 11.6 Å². The molecule has 0 unspecified atom stereocenters. The SMILES string of the molecule is FC(F)(F)c1ccc(CSc2ccccc2CCl)cc1. The molecule has 2 aromatic rings. The highest BCUT2D eigenvalue weighted by Crippen LogP contribution is 2.31. The van der Waals surface area contributed by atoms with Crippen LogP contribution in [0.3, 0.4) is 0 Å². The van der Waals surface area contributed by atoms with Gasteiger partial charge in [-0.2, -0.15) is 13.2 Å². The predicted octanol–water partition coefficient (Wildman–Crippen LogP) is 5.74. The molecule has 0 aliphatic carbocycles. The van der Waals surface area contributed by atoms with Gasteiger partial charge in [0.1, 0.15) is 0 Å². The third-order valence-corrected chi connectivity index (χ3v) is 4.27. The molecule has 0 aliphatic rings. The predicted molar refractivity (Wildman–Crippen MR) is 77.0 cm³/mol. The number of hydrogen-bond donors (Lipinski definition) is 0. The van der Waals surface area contributed by atoms with E-state index in [1.807, 2.05) is 24.3 Å².